The third kappa shape index (κ3) is 4.81. The van der Waals surface area contributed by atoms with Crippen LogP contribution in [-0.2, 0) is 19.7 Å². The van der Waals surface area contributed by atoms with E-state index in [2.05, 4.69) is 51.2 Å². The molecule has 3 heterocycles. The van der Waals surface area contributed by atoms with E-state index in [1.54, 1.807) is 6.08 Å². The number of urea groups is 1. The maximum absolute atomic E-state index is 13.8. The van der Waals surface area contributed by atoms with Crippen LogP contribution in [-0.4, -0.2) is 48.7 Å². The van der Waals surface area contributed by atoms with Gasteiger partial charge in [0.2, 0.25) is 0 Å². The van der Waals surface area contributed by atoms with Crippen LogP contribution in [0.15, 0.2) is 60.2 Å². The third-order valence-corrected chi connectivity index (χ3v) is 11.1. The number of barbiturate groups is 1. The number of rotatable bonds is 5. The number of anilines is 2. The van der Waals surface area contributed by atoms with Crippen LogP contribution in [0.3, 0.4) is 0 Å². The first kappa shape index (κ1) is 28.3. The molecule has 45 heavy (non-hydrogen) atoms. The molecule has 2 aromatic carbocycles. The van der Waals surface area contributed by atoms with Crippen LogP contribution >= 0.6 is 0 Å². The fourth-order valence-corrected chi connectivity index (χ4v) is 9.44. The van der Waals surface area contributed by atoms with Crippen LogP contribution in [0.1, 0.15) is 61.0 Å². The van der Waals surface area contributed by atoms with Crippen LogP contribution < -0.4 is 15.1 Å². The second-order valence-electron chi connectivity index (χ2n) is 14.0. The van der Waals surface area contributed by atoms with E-state index in [9.17, 15) is 14.4 Å². The number of hydrogen-bond acceptors (Lipinski definition) is 5. The maximum Gasteiger partial charge on any atom is 0.335 e. The third-order valence-electron chi connectivity index (χ3n) is 11.1. The average molecular weight is 605 g/mol. The highest BCUT2D eigenvalue weighted by Crippen LogP contribution is 2.60. The first-order chi connectivity index (χ1) is 21.8. The minimum atomic E-state index is -0.712. The molecule has 3 aromatic rings. The Hall–Kier alpha value is -4.17. The fourth-order valence-electron chi connectivity index (χ4n) is 9.44. The van der Waals surface area contributed by atoms with E-state index >= 15 is 0 Å². The van der Waals surface area contributed by atoms with Gasteiger partial charge in [0, 0.05) is 35.9 Å². The summed E-state index contributed by atoms with van der Waals surface area (Å²) in [6, 6.07) is 17.7. The molecule has 2 aliphatic heterocycles. The minimum absolute atomic E-state index is 0.0531. The van der Waals surface area contributed by atoms with Gasteiger partial charge in [-0.05, 0) is 135 Å². The molecular formula is C37H40N4O4. The lowest BCUT2D eigenvalue weighted by Crippen LogP contribution is -2.54. The number of aromatic nitrogens is 1. The number of hydrogen-bond donors (Lipinski definition) is 1. The summed E-state index contributed by atoms with van der Waals surface area (Å²) in [4.78, 5) is 43.2. The molecule has 1 N–H and O–H groups in total. The summed E-state index contributed by atoms with van der Waals surface area (Å²) in [7, 11) is 0. The van der Waals surface area contributed by atoms with Crippen molar-refractivity contribution in [1.29, 1.82) is 0 Å². The molecule has 4 bridgehead atoms. The first-order valence-corrected chi connectivity index (χ1v) is 16.4. The van der Waals surface area contributed by atoms with Crippen molar-refractivity contribution in [2.24, 2.45) is 17.8 Å². The maximum atomic E-state index is 13.8. The van der Waals surface area contributed by atoms with Gasteiger partial charge < -0.3 is 14.2 Å². The van der Waals surface area contributed by atoms with E-state index in [0.717, 1.165) is 77.3 Å². The Kier molecular flexibility index (Phi) is 6.75. The molecule has 6 aliphatic rings. The van der Waals surface area contributed by atoms with E-state index in [4.69, 9.17) is 4.74 Å². The van der Waals surface area contributed by atoms with Crippen LogP contribution in [0.2, 0.25) is 0 Å². The lowest BCUT2D eigenvalue weighted by atomic mass is 9.48. The summed E-state index contributed by atoms with van der Waals surface area (Å²) in [6.07, 6.45) is 9.51. The van der Waals surface area contributed by atoms with E-state index in [-0.39, 0.29) is 11.0 Å². The Morgan fingerprint density at radius 1 is 0.800 bits per heavy atom. The van der Waals surface area contributed by atoms with Crippen LogP contribution in [0, 0.1) is 31.6 Å². The average Bonchev–Trinajstić information content (AvgIpc) is 3.31. The number of aryl methyl sites for hydroxylation is 1. The zero-order valence-corrected chi connectivity index (χ0v) is 26.1. The van der Waals surface area contributed by atoms with Gasteiger partial charge >= 0.3 is 6.03 Å². The molecule has 8 heteroatoms. The van der Waals surface area contributed by atoms with Crippen LogP contribution in [0.25, 0.3) is 11.8 Å². The van der Waals surface area contributed by atoms with Gasteiger partial charge in [-0.2, -0.15) is 0 Å². The number of nitrogens with one attached hydrogen (secondary N) is 1. The van der Waals surface area contributed by atoms with E-state index in [1.807, 2.05) is 32.0 Å². The number of benzene rings is 2. The van der Waals surface area contributed by atoms with Gasteiger partial charge in [-0.1, -0.05) is 12.1 Å². The monoisotopic (exact) mass is 604 g/mol. The Labute approximate surface area is 264 Å². The number of amides is 4. The number of imide groups is 2. The normalized spacial score (nSPS) is 28.7. The highest BCUT2D eigenvalue weighted by molar-refractivity contribution is 6.39. The molecule has 232 valence electrons. The zero-order chi connectivity index (χ0) is 30.9. The number of morpholine rings is 1. The quantitative estimate of drug-likeness (QED) is 0.283. The highest BCUT2D eigenvalue weighted by atomic mass is 16.5. The smallest absolute Gasteiger partial charge is 0.335 e. The topological polar surface area (TPSA) is 83.9 Å². The Morgan fingerprint density at radius 2 is 1.38 bits per heavy atom. The molecular weight excluding hydrogens is 564 g/mol. The second kappa shape index (κ2) is 10.7. The van der Waals surface area contributed by atoms with Gasteiger partial charge in [0.15, 0.2) is 0 Å². The lowest BCUT2D eigenvalue weighted by Gasteiger charge is -2.57. The van der Waals surface area contributed by atoms with Gasteiger partial charge in [0.05, 0.1) is 18.9 Å². The first-order valence-electron chi connectivity index (χ1n) is 16.4. The second-order valence-corrected chi connectivity index (χ2v) is 14.0. The molecule has 0 unspecified atom stereocenters. The van der Waals surface area contributed by atoms with Crippen molar-refractivity contribution in [2.75, 3.05) is 36.1 Å². The molecule has 8 nitrogen and oxygen atoms in total. The predicted octanol–water partition coefficient (Wildman–Crippen LogP) is 6.06. The molecule has 2 saturated heterocycles. The summed E-state index contributed by atoms with van der Waals surface area (Å²) >= 11 is 0. The van der Waals surface area contributed by atoms with Crippen molar-refractivity contribution in [3.8, 4) is 5.69 Å². The molecule has 4 aliphatic carbocycles. The number of carbonyl (C=O) groups excluding carboxylic acids is 3. The minimum Gasteiger partial charge on any atom is -0.378 e. The summed E-state index contributed by atoms with van der Waals surface area (Å²) in [5, 5.41) is 2.40. The largest absolute Gasteiger partial charge is 0.378 e. The summed E-state index contributed by atoms with van der Waals surface area (Å²) in [5.41, 5.74) is 6.79. The van der Waals surface area contributed by atoms with E-state index < -0.39 is 17.8 Å². The zero-order valence-electron chi connectivity index (χ0n) is 26.1. The highest BCUT2D eigenvalue weighted by Gasteiger charge is 2.51. The van der Waals surface area contributed by atoms with Crippen molar-refractivity contribution in [3.63, 3.8) is 0 Å². The van der Waals surface area contributed by atoms with Crippen molar-refractivity contribution in [3.05, 3.63) is 82.7 Å². The number of carbonyl (C=O) groups is 3. The molecule has 0 spiro atoms. The Bertz CT molecular complexity index is 1680. The molecule has 0 radical (unpaired) electrons. The van der Waals surface area contributed by atoms with Crippen molar-refractivity contribution >= 4 is 35.3 Å². The van der Waals surface area contributed by atoms with Gasteiger partial charge in [0.25, 0.3) is 11.8 Å². The van der Waals surface area contributed by atoms with Crippen molar-refractivity contribution < 1.29 is 19.1 Å². The Balaban J connectivity index is 1.05. The van der Waals surface area contributed by atoms with Crippen LogP contribution in [0.4, 0.5) is 16.2 Å². The van der Waals surface area contributed by atoms with E-state index in [0.29, 0.717) is 5.69 Å². The molecule has 4 saturated carbocycles. The molecule has 9 rings (SSSR count). The standard InChI is InChI=1S/C37H40N4O4/c1-23-15-28(24(2)40(23)31-9-7-30(8-10-31)39-11-13-45-14-12-39)19-33-34(42)38-36(44)41(35(33)43)32-5-3-29(4-6-32)37-20-25-16-26(21-37)18-27(17-25)22-37/h3-10,15,19,25-27H,11-14,16-18,20-22H2,1-2H3,(H,38,42,44)/b33-19+. The molecule has 4 amide bonds. The lowest BCUT2D eigenvalue weighted by molar-refractivity contribution is -0.122. The predicted molar refractivity (Wildman–Crippen MR) is 174 cm³/mol. The molecule has 6 fully saturated rings. The van der Waals surface area contributed by atoms with Crippen LogP contribution in [0.5, 0.6) is 0 Å². The van der Waals surface area contributed by atoms with Gasteiger partial charge in [-0.25, -0.2) is 9.69 Å². The van der Waals surface area contributed by atoms with Gasteiger partial charge in [0.1, 0.15) is 5.57 Å². The molecule has 0 atom stereocenters. The Morgan fingerprint density at radius 3 is 2.00 bits per heavy atom. The van der Waals surface area contributed by atoms with Crippen molar-refractivity contribution in [2.45, 2.75) is 57.8 Å². The summed E-state index contributed by atoms with van der Waals surface area (Å²) in [5.74, 6) is 1.22. The van der Waals surface area contributed by atoms with E-state index in [1.165, 1.54) is 44.1 Å². The van der Waals surface area contributed by atoms with Gasteiger partial charge in [-0.3, -0.25) is 14.9 Å². The number of ether oxygens (including phenoxy) is 1. The summed E-state index contributed by atoms with van der Waals surface area (Å²) in [6.45, 7) is 7.21. The van der Waals surface area contributed by atoms with Gasteiger partial charge in [-0.15, -0.1) is 0 Å². The number of nitrogens with zero attached hydrogens (tertiary/aromatic N) is 3. The molecule has 1 aromatic heterocycles. The summed E-state index contributed by atoms with van der Waals surface area (Å²) < 4.78 is 7.60. The van der Waals surface area contributed by atoms with Crippen molar-refractivity contribution in [1.82, 2.24) is 9.88 Å². The SMILES string of the molecule is Cc1cc(/C=C2\C(=O)NC(=O)N(c3ccc(C45CC6CC(CC(C6)C4)C5)cc3)C2=O)c(C)n1-c1ccc(N2CCOCC2)cc1. The fraction of sp³-hybridized carbons (Fsp3) is 0.432.